The minimum atomic E-state index is -1.01. The summed E-state index contributed by atoms with van der Waals surface area (Å²) in [6.07, 6.45) is -0.395. The van der Waals surface area contributed by atoms with Crippen LogP contribution in [0.4, 0.5) is 0 Å². The zero-order valence-electron chi connectivity index (χ0n) is 7.71. The number of carbonyl (C=O) groups is 1. The lowest BCUT2D eigenvalue weighted by molar-refractivity contribution is -0.133. The first-order valence-corrected chi connectivity index (χ1v) is 4.51. The molecule has 0 bridgehead atoms. The molecule has 78 valence electrons. The van der Waals surface area contributed by atoms with Crippen molar-refractivity contribution in [1.29, 1.82) is 0 Å². The van der Waals surface area contributed by atoms with Gasteiger partial charge in [0.25, 0.3) is 0 Å². The van der Waals surface area contributed by atoms with Crippen LogP contribution in [-0.2, 0) is 14.3 Å². The number of aliphatic hydroxyl groups excluding tert-OH is 1. The van der Waals surface area contributed by atoms with Crippen LogP contribution in [0.5, 0.6) is 0 Å². The summed E-state index contributed by atoms with van der Waals surface area (Å²) in [7, 11) is 0. The number of carboxylic acid groups (broad SMARTS) is 1. The number of aliphatic carboxylic acids is 1. The van der Waals surface area contributed by atoms with Crippen molar-refractivity contribution in [2.75, 3.05) is 0 Å². The quantitative estimate of drug-likeness (QED) is 0.617. The van der Waals surface area contributed by atoms with Gasteiger partial charge in [-0.3, -0.25) is 0 Å². The molecule has 1 saturated heterocycles. The summed E-state index contributed by atoms with van der Waals surface area (Å²) in [6.45, 7) is 1.72. The molecule has 0 spiro atoms. The normalized spacial score (nSPS) is 41.7. The van der Waals surface area contributed by atoms with E-state index in [-0.39, 0.29) is 18.3 Å². The molecule has 4 atom stereocenters. The molecule has 1 heterocycles. The van der Waals surface area contributed by atoms with Gasteiger partial charge in [-0.1, -0.05) is 0 Å². The number of hydrogen-bond donors (Lipinski definition) is 2. The molecule has 0 aromatic heterocycles. The van der Waals surface area contributed by atoms with Gasteiger partial charge in [-0.25, -0.2) is 4.79 Å². The van der Waals surface area contributed by atoms with Gasteiger partial charge >= 0.3 is 5.97 Å². The van der Waals surface area contributed by atoms with Crippen molar-refractivity contribution in [1.82, 2.24) is 0 Å². The second-order valence-electron chi connectivity index (χ2n) is 3.54. The smallest absolute Gasteiger partial charge is 0.331 e. The topological polar surface area (TPSA) is 76.0 Å². The third-order valence-corrected chi connectivity index (χ3v) is 2.47. The molecule has 14 heavy (non-hydrogen) atoms. The highest BCUT2D eigenvalue weighted by atomic mass is 16.7. The first kappa shape index (κ1) is 9.64. The molecule has 1 aliphatic carbocycles. The predicted molar refractivity (Wildman–Crippen MR) is 45.6 cm³/mol. The molecule has 5 nitrogen and oxygen atoms in total. The van der Waals surface area contributed by atoms with E-state index in [4.69, 9.17) is 14.6 Å². The fraction of sp³-hybridized carbons (Fsp3) is 0.667. The van der Waals surface area contributed by atoms with Crippen LogP contribution in [0.1, 0.15) is 13.3 Å². The Hall–Kier alpha value is -0.910. The highest BCUT2D eigenvalue weighted by Crippen LogP contribution is 2.30. The van der Waals surface area contributed by atoms with Gasteiger partial charge in [-0.15, -0.1) is 0 Å². The Balaban J connectivity index is 2.21. The average molecular weight is 200 g/mol. The van der Waals surface area contributed by atoms with E-state index in [0.717, 1.165) is 0 Å². The van der Waals surface area contributed by atoms with Crippen molar-refractivity contribution >= 4 is 5.97 Å². The lowest BCUT2D eigenvalue weighted by Gasteiger charge is -2.25. The average Bonchev–Trinajstić information content (AvgIpc) is 2.45. The number of rotatable bonds is 1. The van der Waals surface area contributed by atoms with Crippen molar-refractivity contribution in [2.45, 2.75) is 37.9 Å². The number of carboxylic acids is 1. The summed E-state index contributed by atoms with van der Waals surface area (Å²) in [4.78, 5) is 10.7. The maximum Gasteiger partial charge on any atom is 0.331 e. The highest BCUT2D eigenvalue weighted by Gasteiger charge is 2.41. The Labute approximate surface area is 80.9 Å². The zero-order valence-corrected chi connectivity index (χ0v) is 7.71. The summed E-state index contributed by atoms with van der Waals surface area (Å²) < 4.78 is 10.6. The van der Waals surface area contributed by atoms with Crippen LogP contribution in [0.15, 0.2) is 11.6 Å². The number of fused-ring (bicyclic) bond motifs is 1. The fourth-order valence-corrected chi connectivity index (χ4v) is 1.84. The first-order valence-electron chi connectivity index (χ1n) is 4.51. The third kappa shape index (κ3) is 1.54. The molecule has 0 amide bonds. The van der Waals surface area contributed by atoms with E-state index < -0.39 is 24.3 Å². The molecule has 2 rings (SSSR count). The summed E-state index contributed by atoms with van der Waals surface area (Å²) in [5, 5.41) is 18.4. The van der Waals surface area contributed by atoms with Crippen molar-refractivity contribution < 1.29 is 24.5 Å². The van der Waals surface area contributed by atoms with E-state index in [2.05, 4.69) is 0 Å². The minimum Gasteiger partial charge on any atom is -0.478 e. The van der Waals surface area contributed by atoms with Crippen LogP contribution >= 0.6 is 0 Å². The van der Waals surface area contributed by atoms with Crippen LogP contribution in [0.3, 0.4) is 0 Å². The van der Waals surface area contributed by atoms with Crippen LogP contribution in [-0.4, -0.2) is 40.8 Å². The largest absolute Gasteiger partial charge is 0.478 e. The SMILES string of the molecule is CC1OC2C=C(C(=O)O)CC(O)C2O1. The Bertz CT molecular complexity index is 285. The van der Waals surface area contributed by atoms with Gasteiger partial charge in [-0.05, 0) is 13.0 Å². The predicted octanol–water partition coefficient (Wildman–Crippen LogP) is -0.108. The van der Waals surface area contributed by atoms with Crippen LogP contribution in [0.2, 0.25) is 0 Å². The number of hydrogen-bond acceptors (Lipinski definition) is 4. The van der Waals surface area contributed by atoms with Crippen molar-refractivity contribution in [3.63, 3.8) is 0 Å². The Kier molecular flexibility index (Phi) is 2.30. The van der Waals surface area contributed by atoms with Crippen molar-refractivity contribution in [3.05, 3.63) is 11.6 Å². The molecule has 2 aliphatic rings. The molecule has 2 N–H and O–H groups in total. The Morgan fingerprint density at radius 2 is 2.29 bits per heavy atom. The lowest BCUT2D eigenvalue weighted by Crippen LogP contribution is -2.38. The maximum atomic E-state index is 10.7. The maximum absolute atomic E-state index is 10.7. The first-order chi connectivity index (χ1) is 6.58. The van der Waals surface area contributed by atoms with E-state index in [9.17, 15) is 9.90 Å². The molecule has 1 fully saturated rings. The Morgan fingerprint density at radius 1 is 1.57 bits per heavy atom. The van der Waals surface area contributed by atoms with Crippen LogP contribution in [0.25, 0.3) is 0 Å². The third-order valence-electron chi connectivity index (χ3n) is 2.47. The monoisotopic (exact) mass is 200 g/mol. The summed E-state index contributed by atoms with van der Waals surface area (Å²) in [5.74, 6) is -1.01. The molecule has 0 aromatic carbocycles. The van der Waals surface area contributed by atoms with Gasteiger partial charge in [0.15, 0.2) is 6.29 Å². The summed E-state index contributed by atoms with van der Waals surface area (Å²) >= 11 is 0. The van der Waals surface area contributed by atoms with Crippen molar-refractivity contribution in [2.24, 2.45) is 0 Å². The molecule has 5 heteroatoms. The van der Waals surface area contributed by atoms with Gasteiger partial charge in [-0.2, -0.15) is 0 Å². The highest BCUT2D eigenvalue weighted by molar-refractivity contribution is 5.87. The molecular weight excluding hydrogens is 188 g/mol. The van der Waals surface area contributed by atoms with E-state index in [1.165, 1.54) is 6.08 Å². The van der Waals surface area contributed by atoms with E-state index in [1.807, 2.05) is 0 Å². The summed E-state index contributed by atoms with van der Waals surface area (Å²) in [6, 6.07) is 0. The van der Waals surface area contributed by atoms with E-state index in [1.54, 1.807) is 6.92 Å². The van der Waals surface area contributed by atoms with Gasteiger partial charge in [0.2, 0.25) is 0 Å². The molecule has 0 aromatic rings. The fourth-order valence-electron chi connectivity index (χ4n) is 1.84. The Morgan fingerprint density at radius 3 is 2.93 bits per heavy atom. The summed E-state index contributed by atoms with van der Waals surface area (Å²) in [5.41, 5.74) is 0.191. The lowest BCUT2D eigenvalue weighted by atomic mass is 9.92. The van der Waals surface area contributed by atoms with E-state index in [0.29, 0.717) is 0 Å². The van der Waals surface area contributed by atoms with Gasteiger partial charge in [0, 0.05) is 12.0 Å². The van der Waals surface area contributed by atoms with Crippen LogP contribution < -0.4 is 0 Å². The van der Waals surface area contributed by atoms with Crippen LogP contribution in [0, 0.1) is 0 Å². The number of aliphatic hydroxyl groups is 1. The minimum absolute atomic E-state index is 0.118. The standard InChI is InChI=1S/C9H12O5/c1-4-13-7-3-5(9(11)12)2-6(10)8(7)14-4/h3-4,6-8,10H,2H2,1H3,(H,11,12). The van der Waals surface area contributed by atoms with E-state index >= 15 is 0 Å². The van der Waals surface area contributed by atoms with Gasteiger partial charge < -0.3 is 19.7 Å². The zero-order chi connectivity index (χ0) is 10.3. The molecule has 1 aliphatic heterocycles. The second-order valence-corrected chi connectivity index (χ2v) is 3.54. The molecular formula is C9H12O5. The van der Waals surface area contributed by atoms with Gasteiger partial charge in [0.05, 0.1) is 6.10 Å². The molecule has 0 saturated carbocycles. The van der Waals surface area contributed by atoms with Crippen molar-refractivity contribution in [3.8, 4) is 0 Å². The second kappa shape index (κ2) is 3.34. The number of ether oxygens (including phenoxy) is 2. The van der Waals surface area contributed by atoms with Gasteiger partial charge in [0.1, 0.15) is 12.2 Å². The molecule has 0 radical (unpaired) electrons. The molecule has 4 unspecified atom stereocenters.